The van der Waals surface area contributed by atoms with Crippen LogP contribution in [-0.4, -0.2) is 76.0 Å². The SMILES string of the molecule is Cc1cc(O)cc(C)c1CC(NC(=O)C(CCCNC(=N)N)OC(N)=O)C(=O)NC(CCCCNC(=O)OC(C)(C)C)c1nc(C23CC4CC(CC(C4)C2)C3)no1. The van der Waals surface area contributed by atoms with Crippen molar-refractivity contribution in [2.75, 3.05) is 13.1 Å². The van der Waals surface area contributed by atoms with Crippen LogP contribution in [0.25, 0.3) is 0 Å². The molecule has 4 amide bonds. The first-order chi connectivity index (χ1) is 26.9. The molecule has 57 heavy (non-hydrogen) atoms. The number of phenolic OH excluding ortho intramolecular Hbond substituents is 1. The number of nitrogens with one attached hydrogen (secondary N) is 5. The Morgan fingerprint density at radius 3 is 2.12 bits per heavy atom. The van der Waals surface area contributed by atoms with Crippen molar-refractivity contribution in [3.05, 3.63) is 40.5 Å². The van der Waals surface area contributed by atoms with E-state index in [1.54, 1.807) is 46.8 Å². The highest BCUT2D eigenvalue weighted by molar-refractivity contribution is 5.90. The summed E-state index contributed by atoms with van der Waals surface area (Å²) in [5.74, 6) is 1.48. The van der Waals surface area contributed by atoms with Crippen molar-refractivity contribution in [3.63, 3.8) is 0 Å². The first-order valence-corrected chi connectivity index (χ1v) is 20.1. The lowest BCUT2D eigenvalue weighted by Gasteiger charge is -2.55. The Labute approximate surface area is 334 Å². The second-order valence-corrected chi connectivity index (χ2v) is 17.4. The van der Waals surface area contributed by atoms with E-state index < -0.39 is 47.8 Å². The molecule has 0 radical (unpaired) electrons. The Kier molecular flexibility index (Phi) is 13.9. The highest BCUT2D eigenvalue weighted by Crippen LogP contribution is 2.60. The summed E-state index contributed by atoms with van der Waals surface area (Å²) in [7, 11) is 0. The van der Waals surface area contributed by atoms with Gasteiger partial charge >= 0.3 is 12.2 Å². The molecule has 1 aromatic carbocycles. The van der Waals surface area contributed by atoms with E-state index in [0.29, 0.717) is 66.9 Å². The summed E-state index contributed by atoms with van der Waals surface area (Å²) in [5.41, 5.74) is 12.1. The molecule has 10 N–H and O–H groups in total. The quantitative estimate of drug-likeness (QED) is 0.0600. The number of hydrogen-bond donors (Lipinski definition) is 8. The molecule has 0 spiro atoms. The van der Waals surface area contributed by atoms with Crippen LogP contribution in [0.2, 0.25) is 0 Å². The Bertz CT molecular complexity index is 1710. The van der Waals surface area contributed by atoms with Crippen LogP contribution in [0.15, 0.2) is 16.7 Å². The minimum atomic E-state index is -1.33. The molecular weight excluding hydrogens is 734 g/mol. The van der Waals surface area contributed by atoms with E-state index in [-0.39, 0.29) is 42.4 Å². The van der Waals surface area contributed by atoms with Gasteiger partial charge in [0.05, 0.1) is 0 Å². The van der Waals surface area contributed by atoms with Crippen LogP contribution < -0.4 is 32.7 Å². The number of amides is 4. The number of rotatable bonds is 18. The van der Waals surface area contributed by atoms with Crippen molar-refractivity contribution in [2.45, 2.75) is 141 Å². The van der Waals surface area contributed by atoms with E-state index >= 15 is 0 Å². The fourth-order valence-electron chi connectivity index (χ4n) is 9.35. The van der Waals surface area contributed by atoms with Gasteiger partial charge in [0.25, 0.3) is 5.91 Å². The maximum absolute atomic E-state index is 14.5. The van der Waals surface area contributed by atoms with Crippen molar-refractivity contribution in [1.82, 2.24) is 31.4 Å². The summed E-state index contributed by atoms with van der Waals surface area (Å²) in [6, 6.07) is 1.26. The fraction of sp³-hybridized carbons (Fsp3) is 0.675. The van der Waals surface area contributed by atoms with Gasteiger partial charge in [0, 0.05) is 24.9 Å². The van der Waals surface area contributed by atoms with E-state index in [9.17, 15) is 24.3 Å². The van der Waals surface area contributed by atoms with Gasteiger partial charge in [-0.25, -0.2) is 9.59 Å². The molecule has 0 saturated heterocycles. The largest absolute Gasteiger partial charge is 0.508 e. The molecule has 4 bridgehead atoms. The lowest BCUT2D eigenvalue weighted by molar-refractivity contribution is -0.134. The number of ether oxygens (including phenoxy) is 2. The first kappa shape index (κ1) is 43.0. The smallest absolute Gasteiger partial charge is 0.407 e. The number of nitrogens with two attached hydrogens (primary N) is 2. The topological polar surface area (TPSA) is 270 Å². The van der Waals surface area contributed by atoms with Gasteiger partial charge in [0.1, 0.15) is 23.4 Å². The number of aromatic hydroxyl groups is 1. The van der Waals surface area contributed by atoms with Crippen LogP contribution in [-0.2, 0) is 30.9 Å². The van der Waals surface area contributed by atoms with Crippen LogP contribution in [0.4, 0.5) is 9.59 Å². The molecule has 17 nitrogen and oxygen atoms in total. The Morgan fingerprint density at radius 2 is 1.54 bits per heavy atom. The highest BCUT2D eigenvalue weighted by atomic mass is 16.6. The lowest BCUT2D eigenvalue weighted by Crippen LogP contribution is -2.52. The molecule has 4 saturated carbocycles. The van der Waals surface area contributed by atoms with Gasteiger partial charge in [0.15, 0.2) is 17.9 Å². The number of aryl methyl sites for hydroxylation is 2. The zero-order valence-corrected chi connectivity index (χ0v) is 33.9. The third-order valence-corrected chi connectivity index (χ3v) is 11.4. The minimum Gasteiger partial charge on any atom is -0.508 e. The van der Waals surface area contributed by atoms with Gasteiger partial charge < -0.3 is 51.8 Å². The number of benzene rings is 1. The molecule has 4 aliphatic carbocycles. The number of unbranched alkanes of at least 4 members (excludes halogenated alkanes) is 1. The fourth-order valence-corrected chi connectivity index (χ4v) is 9.35. The van der Waals surface area contributed by atoms with Crippen molar-refractivity contribution in [3.8, 4) is 5.75 Å². The predicted octanol–water partition coefficient (Wildman–Crippen LogP) is 4.17. The number of hydrogen-bond acceptors (Lipinski definition) is 11. The summed E-state index contributed by atoms with van der Waals surface area (Å²) in [6.07, 6.45) is 5.75. The summed E-state index contributed by atoms with van der Waals surface area (Å²) >= 11 is 0. The molecule has 314 valence electrons. The second kappa shape index (κ2) is 18.4. The number of alkyl carbamates (subject to hydrolysis) is 1. The molecule has 4 aliphatic rings. The molecular formula is C40H61N9O8. The van der Waals surface area contributed by atoms with Gasteiger partial charge in [-0.15, -0.1) is 0 Å². The average molecular weight is 796 g/mol. The predicted molar refractivity (Wildman–Crippen MR) is 210 cm³/mol. The number of carbonyl (C=O) groups is 4. The van der Waals surface area contributed by atoms with Gasteiger partial charge in [-0.3, -0.25) is 15.0 Å². The number of aromatic nitrogens is 2. The third-order valence-electron chi connectivity index (χ3n) is 11.4. The van der Waals surface area contributed by atoms with Gasteiger partial charge in [-0.1, -0.05) is 5.16 Å². The third kappa shape index (κ3) is 12.0. The summed E-state index contributed by atoms with van der Waals surface area (Å²) in [6.45, 7) is 9.57. The van der Waals surface area contributed by atoms with Crippen molar-refractivity contribution < 1.29 is 38.3 Å². The summed E-state index contributed by atoms with van der Waals surface area (Å²) in [4.78, 5) is 57.3. The number of phenols is 1. The first-order valence-electron chi connectivity index (χ1n) is 20.1. The van der Waals surface area contributed by atoms with E-state index in [1.807, 2.05) is 0 Å². The number of primary amides is 1. The molecule has 2 aromatic rings. The molecule has 3 unspecified atom stereocenters. The highest BCUT2D eigenvalue weighted by Gasteiger charge is 2.54. The molecule has 1 heterocycles. The van der Waals surface area contributed by atoms with E-state index in [0.717, 1.165) is 24.8 Å². The van der Waals surface area contributed by atoms with Crippen molar-refractivity contribution >= 4 is 30.0 Å². The molecule has 4 fully saturated rings. The van der Waals surface area contributed by atoms with Crippen molar-refractivity contribution in [1.29, 1.82) is 5.41 Å². The maximum atomic E-state index is 14.5. The maximum Gasteiger partial charge on any atom is 0.407 e. The van der Waals surface area contributed by atoms with Gasteiger partial charge in [-0.05, 0) is 152 Å². The van der Waals surface area contributed by atoms with Crippen LogP contribution in [0, 0.1) is 37.0 Å². The Hall–Kier alpha value is -5.09. The van der Waals surface area contributed by atoms with Gasteiger partial charge in [0.2, 0.25) is 11.8 Å². The Balaban J connectivity index is 1.37. The van der Waals surface area contributed by atoms with Crippen LogP contribution in [0.1, 0.15) is 126 Å². The van der Waals surface area contributed by atoms with Crippen LogP contribution in [0.5, 0.6) is 5.75 Å². The average Bonchev–Trinajstić information content (AvgIpc) is 3.60. The Morgan fingerprint density at radius 1 is 0.930 bits per heavy atom. The standard InChI is InChI=1S/C40H61N9O8/c1-22-13-27(50)14-23(2)28(22)18-30(47-33(52)31(55-37(43)53)10-8-12-44-36(41)42)32(51)46-29(9-6-7-11-45-38(54)56-39(3,4)5)34-48-35(49-57-34)40-19-24-15-25(20-40)17-26(16-24)21-40/h13-14,24-26,29-31,50H,6-12,15-21H2,1-5H3,(H2,43,53)(H,45,54)(H,46,51)(H,47,52)(H4,41,42,44). The monoisotopic (exact) mass is 795 g/mol. The molecule has 17 heteroatoms. The molecule has 0 aliphatic heterocycles. The molecule has 1 aromatic heterocycles. The lowest BCUT2D eigenvalue weighted by atomic mass is 9.49. The number of carbonyl (C=O) groups excluding carboxylic acids is 4. The van der Waals surface area contributed by atoms with Crippen LogP contribution in [0.3, 0.4) is 0 Å². The van der Waals surface area contributed by atoms with Gasteiger partial charge in [-0.2, -0.15) is 4.98 Å². The molecule has 3 atom stereocenters. The van der Waals surface area contributed by atoms with E-state index in [2.05, 4.69) is 26.4 Å². The second-order valence-electron chi connectivity index (χ2n) is 17.4. The number of guanidine groups is 1. The normalized spacial score (nSPS) is 22.5. The van der Waals surface area contributed by atoms with E-state index in [4.69, 9.17) is 35.9 Å². The zero-order chi connectivity index (χ0) is 41.5. The van der Waals surface area contributed by atoms with Crippen molar-refractivity contribution in [2.24, 2.45) is 29.2 Å². The zero-order valence-electron chi connectivity index (χ0n) is 33.9. The molecule has 6 rings (SSSR count). The number of nitrogens with zero attached hydrogens (tertiary/aromatic N) is 2. The van der Waals surface area contributed by atoms with Crippen LogP contribution >= 0.6 is 0 Å². The van der Waals surface area contributed by atoms with E-state index in [1.165, 1.54) is 19.3 Å². The summed E-state index contributed by atoms with van der Waals surface area (Å²) in [5, 5.41) is 33.4. The summed E-state index contributed by atoms with van der Waals surface area (Å²) < 4.78 is 16.5. The minimum absolute atomic E-state index is 0.0374.